The molecule has 214 valence electrons. The van der Waals surface area contributed by atoms with Crippen molar-refractivity contribution in [1.29, 1.82) is 5.26 Å². The summed E-state index contributed by atoms with van der Waals surface area (Å²) >= 11 is 0. The monoisotopic (exact) mass is 584 g/mol. The zero-order valence-corrected chi connectivity index (χ0v) is 23.2. The van der Waals surface area contributed by atoms with Gasteiger partial charge in [0, 0.05) is 37.3 Å². The molecule has 0 radical (unpaired) electrons. The molecule has 41 heavy (non-hydrogen) atoms. The quantitative estimate of drug-likeness (QED) is 0.253. The molecule has 0 bridgehead atoms. The van der Waals surface area contributed by atoms with Gasteiger partial charge < -0.3 is 5.32 Å². The lowest BCUT2D eigenvalue weighted by molar-refractivity contribution is -0.139. The van der Waals surface area contributed by atoms with Crippen molar-refractivity contribution in [2.24, 2.45) is 10.9 Å². The van der Waals surface area contributed by atoms with Crippen LogP contribution in [0.15, 0.2) is 89.0 Å². The molecule has 1 fully saturated rings. The average Bonchev–Trinajstić information content (AvgIpc) is 3.18. The van der Waals surface area contributed by atoms with E-state index >= 15 is 0 Å². The van der Waals surface area contributed by atoms with Crippen LogP contribution in [0.3, 0.4) is 0 Å². The third-order valence-corrected chi connectivity index (χ3v) is 8.23. The Morgan fingerprint density at radius 2 is 1.85 bits per heavy atom. The lowest BCUT2D eigenvalue weighted by Gasteiger charge is -2.30. The number of piperidine rings is 1. The van der Waals surface area contributed by atoms with Gasteiger partial charge in [0.15, 0.2) is 0 Å². The number of anilines is 1. The highest BCUT2D eigenvalue weighted by atomic mass is 32.2. The molecular weight excluding hydrogens is 556 g/mol. The van der Waals surface area contributed by atoms with Gasteiger partial charge in [-0.2, -0.15) is 18.4 Å². The van der Waals surface area contributed by atoms with Crippen molar-refractivity contribution in [2.75, 3.05) is 31.7 Å². The van der Waals surface area contributed by atoms with Gasteiger partial charge in [-0.05, 0) is 54.3 Å². The first-order chi connectivity index (χ1) is 19.4. The number of rotatable bonds is 5. The standard InChI is InChI=1S/C30H28F4N4O2S/c1-36-29(37-25-11-12-26(27(31)18-25)30(32,33)34)28(23-13-15-38(16-14-23)41(2,39)40)22-7-4-6-21(9-10-22)24-8-3-5-20(17-24)19-35/h3-12,17-18,22H,13-16H2,1-2H3,(H,36,37). The second-order valence-corrected chi connectivity index (χ2v) is 11.6. The number of allylic oxidation sites excluding steroid dienone is 6. The van der Waals surface area contributed by atoms with E-state index in [-0.39, 0.29) is 24.7 Å². The first kappa shape index (κ1) is 30.0. The lowest BCUT2D eigenvalue weighted by atomic mass is 9.87. The van der Waals surface area contributed by atoms with E-state index in [1.807, 2.05) is 36.4 Å². The highest BCUT2D eigenvalue weighted by Gasteiger charge is 2.34. The number of amidine groups is 1. The highest BCUT2D eigenvalue weighted by molar-refractivity contribution is 7.88. The summed E-state index contributed by atoms with van der Waals surface area (Å²) in [6.45, 7) is 0.544. The number of hydrogen-bond acceptors (Lipinski definition) is 4. The number of nitrogens with zero attached hydrogens (tertiary/aromatic N) is 3. The molecule has 2 aliphatic rings. The summed E-state index contributed by atoms with van der Waals surface area (Å²) < 4.78 is 79.2. The van der Waals surface area contributed by atoms with E-state index in [0.29, 0.717) is 30.3 Å². The summed E-state index contributed by atoms with van der Waals surface area (Å²) in [5, 5.41) is 12.3. The van der Waals surface area contributed by atoms with Gasteiger partial charge in [0.05, 0.1) is 23.5 Å². The van der Waals surface area contributed by atoms with Crippen molar-refractivity contribution in [3.8, 4) is 6.07 Å². The predicted molar refractivity (Wildman–Crippen MR) is 152 cm³/mol. The molecule has 1 aliphatic carbocycles. The molecular formula is C30H28F4N4O2S. The van der Waals surface area contributed by atoms with Gasteiger partial charge in [-0.1, -0.05) is 48.1 Å². The Hall–Kier alpha value is -4.01. The molecule has 1 aliphatic heterocycles. The molecule has 1 unspecified atom stereocenters. The van der Waals surface area contributed by atoms with Crippen LogP contribution in [0.5, 0.6) is 0 Å². The highest BCUT2D eigenvalue weighted by Crippen LogP contribution is 2.34. The molecule has 0 aromatic heterocycles. The van der Waals surface area contributed by atoms with Gasteiger partial charge in [0.2, 0.25) is 10.0 Å². The van der Waals surface area contributed by atoms with Gasteiger partial charge in [0.1, 0.15) is 11.7 Å². The van der Waals surface area contributed by atoms with Crippen LogP contribution in [0.25, 0.3) is 5.57 Å². The van der Waals surface area contributed by atoms with Gasteiger partial charge in [-0.15, -0.1) is 0 Å². The third-order valence-electron chi connectivity index (χ3n) is 6.93. The number of nitrogens with one attached hydrogen (secondary N) is 1. The maximum Gasteiger partial charge on any atom is 0.419 e. The van der Waals surface area contributed by atoms with Crippen molar-refractivity contribution >= 4 is 27.1 Å². The van der Waals surface area contributed by atoms with E-state index in [4.69, 9.17) is 0 Å². The normalized spacial score (nSPS) is 18.5. The molecule has 6 nitrogen and oxygen atoms in total. The molecule has 1 saturated heterocycles. The van der Waals surface area contributed by atoms with Crippen molar-refractivity contribution in [2.45, 2.75) is 19.0 Å². The third kappa shape index (κ3) is 7.20. The zero-order valence-electron chi connectivity index (χ0n) is 22.4. The van der Waals surface area contributed by atoms with Crippen LogP contribution in [0.1, 0.15) is 29.5 Å². The molecule has 11 heteroatoms. The summed E-state index contributed by atoms with van der Waals surface area (Å²) in [6.07, 6.45) is 6.76. The summed E-state index contributed by atoms with van der Waals surface area (Å²) in [4.78, 5) is 4.38. The molecule has 1 atom stereocenters. The fraction of sp³-hybridized carbons (Fsp3) is 0.267. The average molecular weight is 585 g/mol. The van der Waals surface area contributed by atoms with Gasteiger partial charge in [0.25, 0.3) is 0 Å². The molecule has 0 saturated carbocycles. The van der Waals surface area contributed by atoms with Crippen molar-refractivity contribution in [3.63, 3.8) is 0 Å². The number of hydrogen-bond donors (Lipinski definition) is 1. The summed E-state index contributed by atoms with van der Waals surface area (Å²) in [7, 11) is -1.85. The van der Waals surface area contributed by atoms with Crippen LogP contribution in [0.2, 0.25) is 0 Å². The van der Waals surface area contributed by atoms with E-state index in [0.717, 1.165) is 40.7 Å². The molecule has 2 aromatic rings. The summed E-state index contributed by atoms with van der Waals surface area (Å²) in [6, 6.07) is 11.9. The Morgan fingerprint density at radius 3 is 2.46 bits per heavy atom. The largest absolute Gasteiger partial charge is 0.419 e. The Kier molecular flexibility index (Phi) is 8.95. The number of aliphatic imine (C=N–C) groups is 1. The van der Waals surface area contributed by atoms with E-state index < -0.39 is 27.6 Å². The minimum atomic E-state index is -4.82. The smallest absolute Gasteiger partial charge is 0.340 e. The van der Waals surface area contributed by atoms with E-state index in [1.54, 1.807) is 18.2 Å². The molecule has 1 N–H and O–H groups in total. The SMILES string of the molecule is CN=C(Nc1ccc(C(F)(F)F)c(F)c1)C(=C1CCN(S(C)(=O)=O)CC1)C1C=CC=C(c2cccc(C#N)c2)C=C1. The second kappa shape index (κ2) is 12.2. The van der Waals surface area contributed by atoms with Crippen LogP contribution in [0.4, 0.5) is 23.2 Å². The molecule has 0 amide bonds. The zero-order chi connectivity index (χ0) is 29.8. The number of alkyl halides is 3. The predicted octanol–water partition coefficient (Wildman–Crippen LogP) is 6.33. The maximum atomic E-state index is 14.4. The van der Waals surface area contributed by atoms with Crippen molar-refractivity contribution in [3.05, 3.63) is 106 Å². The van der Waals surface area contributed by atoms with Crippen LogP contribution >= 0.6 is 0 Å². The Bertz CT molecular complexity index is 1620. The second-order valence-electron chi connectivity index (χ2n) is 9.65. The number of nitriles is 1. The van der Waals surface area contributed by atoms with E-state index in [1.165, 1.54) is 11.4 Å². The minimum absolute atomic E-state index is 0.0940. The van der Waals surface area contributed by atoms with Crippen LogP contribution in [0, 0.1) is 23.1 Å². The molecule has 1 heterocycles. The van der Waals surface area contributed by atoms with Crippen LogP contribution in [-0.2, 0) is 16.2 Å². The van der Waals surface area contributed by atoms with E-state index in [2.05, 4.69) is 16.4 Å². The first-order valence-corrected chi connectivity index (χ1v) is 14.6. The lowest BCUT2D eigenvalue weighted by Crippen LogP contribution is -2.36. The molecule has 2 aromatic carbocycles. The minimum Gasteiger partial charge on any atom is -0.340 e. The Labute approximate surface area is 236 Å². The van der Waals surface area contributed by atoms with Crippen molar-refractivity contribution < 1.29 is 26.0 Å². The van der Waals surface area contributed by atoms with Gasteiger partial charge >= 0.3 is 6.18 Å². The number of sulfonamides is 1. The molecule has 0 spiro atoms. The fourth-order valence-corrected chi connectivity index (χ4v) is 5.73. The summed E-state index contributed by atoms with van der Waals surface area (Å²) in [5.41, 5.74) is 2.63. The Balaban J connectivity index is 1.71. The van der Waals surface area contributed by atoms with Crippen LogP contribution < -0.4 is 5.32 Å². The topological polar surface area (TPSA) is 85.6 Å². The van der Waals surface area contributed by atoms with Gasteiger partial charge in [-0.25, -0.2) is 17.1 Å². The summed E-state index contributed by atoms with van der Waals surface area (Å²) in [5.74, 6) is -1.41. The van der Waals surface area contributed by atoms with Crippen LogP contribution in [-0.4, -0.2) is 45.0 Å². The van der Waals surface area contributed by atoms with Crippen molar-refractivity contribution in [1.82, 2.24) is 4.31 Å². The number of halogens is 4. The fourth-order valence-electron chi connectivity index (χ4n) is 4.88. The Morgan fingerprint density at radius 1 is 1.12 bits per heavy atom. The maximum absolute atomic E-state index is 14.4. The van der Waals surface area contributed by atoms with Gasteiger partial charge in [-0.3, -0.25) is 4.99 Å². The van der Waals surface area contributed by atoms with E-state index in [9.17, 15) is 31.2 Å². The molecule has 4 rings (SSSR count). The first-order valence-electron chi connectivity index (χ1n) is 12.8. The number of benzene rings is 2.